The van der Waals surface area contributed by atoms with E-state index in [9.17, 15) is 9.50 Å². The summed E-state index contributed by atoms with van der Waals surface area (Å²) in [5.41, 5.74) is 5.61. The summed E-state index contributed by atoms with van der Waals surface area (Å²) in [6.07, 6.45) is -0.980. The number of benzene rings is 1. The fraction of sp³-hybridized carbons (Fsp3) is 0.400. The highest BCUT2D eigenvalue weighted by Gasteiger charge is 2.21. The van der Waals surface area contributed by atoms with Gasteiger partial charge in [0.1, 0.15) is 10.2 Å². The van der Waals surface area contributed by atoms with Crippen LogP contribution in [0.15, 0.2) is 10.5 Å². The van der Waals surface area contributed by atoms with E-state index in [-0.39, 0.29) is 17.9 Å². The Morgan fingerprint density at radius 3 is 2.44 bits per heavy atom. The zero-order valence-electron chi connectivity index (χ0n) is 8.96. The van der Waals surface area contributed by atoms with Crippen molar-refractivity contribution < 1.29 is 19.0 Å². The van der Waals surface area contributed by atoms with Crippen molar-refractivity contribution in [2.45, 2.75) is 6.10 Å². The van der Waals surface area contributed by atoms with Gasteiger partial charge in [0.15, 0.2) is 11.6 Å². The summed E-state index contributed by atoms with van der Waals surface area (Å²) in [7, 11) is 2.77. The number of hydrogen-bond acceptors (Lipinski definition) is 4. The van der Waals surface area contributed by atoms with Crippen molar-refractivity contribution in [3.05, 3.63) is 21.9 Å². The number of nitrogens with two attached hydrogens (primary N) is 1. The first-order valence-corrected chi connectivity index (χ1v) is 5.34. The maximum atomic E-state index is 13.6. The van der Waals surface area contributed by atoms with Crippen LogP contribution in [0.4, 0.5) is 4.39 Å². The van der Waals surface area contributed by atoms with E-state index in [2.05, 4.69) is 15.9 Å². The van der Waals surface area contributed by atoms with Crippen molar-refractivity contribution in [1.29, 1.82) is 0 Å². The highest BCUT2D eigenvalue weighted by Crippen LogP contribution is 2.41. The molecule has 0 aliphatic heterocycles. The van der Waals surface area contributed by atoms with Crippen LogP contribution in [0, 0.1) is 5.82 Å². The minimum Gasteiger partial charge on any atom is -0.495 e. The molecule has 1 aromatic carbocycles. The molecule has 90 valence electrons. The monoisotopic (exact) mass is 293 g/mol. The van der Waals surface area contributed by atoms with Gasteiger partial charge in [-0.2, -0.15) is 0 Å². The number of hydrogen-bond donors (Lipinski definition) is 2. The Hall–Kier alpha value is -0.850. The van der Waals surface area contributed by atoms with E-state index >= 15 is 0 Å². The van der Waals surface area contributed by atoms with Gasteiger partial charge < -0.3 is 20.3 Å². The third kappa shape index (κ3) is 2.28. The van der Waals surface area contributed by atoms with Crippen molar-refractivity contribution in [3.63, 3.8) is 0 Å². The predicted octanol–water partition coefficient (Wildman–Crippen LogP) is 1.60. The second-order valence-electron chi connectivity index (χ2n) is 3.08. The van der Waals surface area contributed by atoms with Crippen LogP contribution in [0.5, 0.6) is 11.5 Å². The minimum atomic E-state index is -0.980. The molecule has 0 aliphatic rings. The second-order valence-corrected chi connectivity index (χ2v) is 3.87. The van der Waals surface area contributed by atoms with Crippen LogP contribution in [0.25, 0.3) is 0 Å². The first-order valence-electron chi connectivity index (χ1n) is 4.54. The van der Waals surface area contributed by atoms with E-state index in [1.165, 1.54) is 14.2 Å². The highest BCUT2D eigenvalue weighted by atomic mass is 79.9. The average molecular weight is 294 g/mol. The standard InChI is InChI=1S/C10H13BrFNO3/c1-15-9-5(7(14)4-13)3-6(12)10(16-2)8(9)11/h3,7,14H,4,13H2,1-2H3. The van der Waals surface area contributed by atoms with Gasteiger partial charge in [-0.1, -0.05) is 0 Å². The molecular formula is C10H13BrFNO3. The molecule has 0 amide bonds. The number of halogens is 2. The van der Waals surface area contributed by atoms with Crippen molar-refractivity contribution in [3.8, 4) is 11.5 Å². The van der Waals surface area contributed by atoms with Gasteiger partial charge in [0.25, 0.3) is 0 Å². The first kappa shape index (κ1) is 13.2. The Labute approximate surface area is 101 Å². The smallest absolute Gasteiger partial charge is 0.172 e. The van der Waals surface area contributed by atoms with E-state index in [1.54, 1.807) is 0 Å². The Morgan fingerprint density at radius 2 is 2.00 bits per heavy atom. The van der Waals surface area contributed by atoms with Crippen LogP contribution in [-0.4, -0.2) is 25.9 Å². The molecule has 4 nitrogen and oxygen atoms in total. The molecule has 1 atom stereocenters. The third-order valence-corrected chi connectivity index (χ3v) is 2.87. The molecule has 1 rings (SSSR count). The Kier molecular flexibility index (Phi) is 4.52. The van der Waals surface area contributed by atoms with Gasteiger partial charge in [0.2, 0.25) is 0 Å². The summed E-state index contributed by atoms with van der Waals surface area (Å²) >= 11 is 3.16. The maximum Gasteiger partial charge on any atom is 0.172 e. The molecule has 3 N–H and O–H groups in total. The number of ether oxygens (including phenoxy) is 2. The van der Waals surface area contributed by atoms with Gasteiger partial charge in [-0.25, -0.2) is 4.39 Å². The maximum absolute atomic E-state index is 13.6. The molecule has 0 fully saturated rings. The van der Waals surface area contributed by atoms with Crippen LogP contribution < -0.4 is 15.2 Å². The van der Waals surface area contributed by atoms with Crippen LogP contribution >= 0.6 is 15.9 Å². The summed E-state index contributed by atoms with van der Waals surface area (Å²) in [6, 6.07) is 1.15. The number of rotatable bonds is 4. The van der Waals surface area contributed by atoms with E-state index in [4.69, 9.17) is 15.2 Å². The van der Waals surface area contributed by atoms with Crippen molar-refractivity contribution >= 4 is 15.9 Å². The van der Waals surface area contributed by atoms with E-state index in [0.29, 0.717) is 10.2 Å². The molecule has 6 heteroatoms. The number of aliphatic hydroxyl groups is 1. The molecule has 16 heavy (non-hydrogen) atoms. The van der Waals surface area contributed by atoms with Gasteiger partial charge in [0, 0.05) is 12.1 Å². The lowest BCUT2D eigenvalue weighted by Crippen LogP contribution is -2.13. The second kappa shape index (κ2) is 5.47. The molecule has 0 aliphatic carbocycles. The summed E-state index contributed by atoms with van der Waals surface area (Å²) in [5, 5.41) is 9.62. The summed E-state index contributed by atoms with van der Waals surface area (Å²) in [4.78, 5) is 0. The first-order chi connectivity index (χ1) is 7.56. The van der Waals surface area contributed by atoms with E-state index in [1.807, 2.05) is 0 Å². The Balaban J connectivity index is 3.40. The molecule has 1 aromatic rings. The molecule has 0 saturated heterocycles. The zero-order valence-corrected chi connectivity index (χ0v) is 10.5. The minimum absolute atomic E-state index is 0.0193. The third-order valence-electron chi connectivity index (χ3n) is 2.15. The summed E-state index contributed by atoms with van der Waals surface area (Å²) in [6.45, 7) is -0.0193. The fourth-order valence-corrected chi connectivity index (χ4v) is 2.11. The molecule has 0 spiro atoms. The molecule has 0 heterocycles. The van der Waals surface area contributed by atoms with Crippen LogP contribution in [0.3, 0.4) is 0 Å². The van der Waals surface area contributed by atoms with Gasteiger partial charge in [-0.3, -0.25) is 0 Å². The molecule has 1 unspecified atom stereocenters. The average Bonchev–Trinajstić information content (AvgIpc) is 2.28. The van der Waals surface area contributed by atoms with E-state index in [0.717, 1.165) is 6.07 Å². The number of aliphatic hydroxyl groups excluding tert-OH is 1. The Bertz CT molecular complexity index is 387. The fourth-order valence-electron chi connectivity index (χ4n) is 1.37. The molecule has 0 radical (unpaired) electrons. The molecular weight excluding hydrogens is 281 g/mol. The van der Waals surface area contributed by atoms with Crippen LogP contribution in [-0.2, 0) is 0 Å². The van der Waals surface area contributed by atoms with Crippen LogP contribution in [0.2, 0.25) is 0 Å². The quantitative estimate of drug-likeness (QED) is 0.885. The SMILES string of the molecule is COc1c(F)cc(C(O)CN)c(OC)c1Br. The van der Waals surface area contributed by atoms with Crippen molar-refractivity contribution in [2.24, 2.45) is 5.73 Å². The lowest BCUT2D eigenvalue weighted by Gasteiger charge is -2.17. The van der Waals surface area contributed by atoms with Gasteiger partial charge in [-0.15, -0.1) is 0 Å². The molecule has 0 aromatic heterocycles. The topological polar surface area (TPSA) is 64.7 Å². The van der Waals surface area contributed by atoms with Gasteiger partial charge >= 0.3 is 0 Å². The molecule has 0 bridgehead atoms. The highest BCUT2D eigenvalue weighted by molar-refractivity contribution is 9.10. The lowest BCUT2D eigenvalue weighted by molar-refractivity contribution is 0.181. The molecule has 0 saturated carbocycles. The predicted molar refractivity (Wildman–Crippen MR) is 61.2 cm³/mol. The van der Waals surface area contributed by atoms with Gasteiger partial charge in [0.05, 0.1) is 20.3 Å². The Morgan fingerprint density at radius 1 is 1.44 bits per heavy atom. The summed E-state index contributed by atoms with van der Waals surface area (Å²) in [5.74, 6) is -0.237. The van der Waals surface area contributed by atoms with E-state index < -0.39 is 11.9 Å². The summed E-state index contributed by atoms with van der Waals surface area (Å²) < 4.78 is 23.8. The normalized spacial score (nSPS) is 12.4. The van der Waals surface area contributed by atoms with Crippen LogP contribution in [0.1, 0.15) is 11.7 Å². The van der Waals surface area contributed by atoms with Crippen molar-refractivity contribution in [1.82, 2.24) is 0 Å². The lowest BCUT2D eigenvalue weighted by atomic mass is 10.1. The van der Waals surface area contributed by atoms with Gasteiger partial charge in [-0.05, 0) is 22.0 Å². The van der Waals surface area contributed by atoms with Crippen molar-refractivity contribution in [2.75, 3.05) is 20.8 Å². The number of methoxy groups -OCH3 is 2. The largest absolute Gasteiger partial charge is 0.495 e. The zero-order chi connectivity index (χ0) is 12.3.